The summed E-state index contributed by atoms with van der Waals surface area (Å²) in [5.41, 5.74) is 16.8. The van der Waals surface area contributed by atoms with Gasteiger partial charge in [-0.1, -0.05) is 76.2 Å². The monoisotopic (exact) mass is 651 g/mol. The maximum atomic E-state index is 11.5. The van der Waals surface area contributed by atoms with Crippen molar-refractivity contribution in [3.8, 4) is 39.8 Å². The van der Waals surface area contributed by atoms with Gasteiger partial charge in [0.2, 0.25) is 5.91 Å². The number of fused-ring (bicyclic) bond motifs is 2. The summed E-state index contributed by atoms with van der Waals surface area (Å²) in [6.07, 6.45) is 1.60. The van der Waals surface area contributed by atoms with Crippen LogP contribution in [0.5, 0.6) is 11.5 Å². The highest BCUT2D eigenvalue weighted by Gasteiger charge is 2.25. The Kier molecular flexibility index (Phi) is 9.31. The summed E-state index contributed by atoms with van der Waals surface area (Å²) >= 11 is 3.60. The first-order valence-electron chi connectivity index (χ1n) is 15.0. The minimum atomic E-state index is -0.0781. The predicted octanol–water partition coefficient (Wildman–Crippen LogP) is 9.00. The molecule has 7 heteroatoms. The normalized spacial score (nSPS) is 12.9. The summed E-state index contributed by atoms with van der Waals surface area (Å²) in [5, 5.41) is 12.2. The number of benzene rings is 4. The number of carbonyl (C=O) groups excluding carboxylic acids is 1. The molecule has 44 heavy (non-hydrogen) atoms. The van der Waals surface area contributed by atoms with Crippen LogP contribution in [0.3, 0.4) is 0 Å². The highest BCUT2D eigenvalue weighted by molar-refractivity contribution is 9.10. The van der Waals surface area contributed by atoms with Crippen LogP contribution in [-0.4, -0.2) is 19.1 Å². The van der Waals surface area contributed by atoms with Gasteiger partial charge < -0.3 is 20.5 Å². The van der Waals surface area contributed by atoms with E-state index < -0.39 is 0 Å². The van der Waals surface area contributed by atoms with Gasteiger partial charge in [-0.3, -0.25) is 4.79 Å². The summed E-state index contributed by atoms with van der Waals surface area (Å²) in [7, 11) is 0. The lowest BCUT2D eigenvalue weighted by Gasteiger charge is -2.15. The topological polar surface area (TPSA) is 97.4 Å². The third kappa shape index (κ3) is 6.32. The fourth-order valence-electron chi connectivity index (χ4n) is 5.68. The molecule has 6 rings (SSSR count). The van der Waals surface area contributed by atoms with Crippen LogP contribution in [-0.2, 0) is 17.6 Å². The van der Waals surface area contributed by atoms with Crippen molar-refractivity contribution >= 4 is 33.2 Å². The molecule has 0 fully saturated rings. The molecule has 0 unspecified atom stereocenters. The maximum Gasteiger partial charge on any atom is 0.221 e. The number of carbonyl (C=O) groups is 1. The van der Waals surface area contributed by atoms with E-state index in [0.717, 1.165) is 67.9 Å². The Morgan fingerprint density at radius 3 is 1.80 bits per heavy atom. The number of nitrogens with two attached hydrogens (primary N) is 1. The van der Waals surface area contributed by atoms with E-state index in [1.54, 1.807) is 0 Å². The third-order valence-corrected chi connectivity index (χ3v) is 9.02. The molecule has 4 aromatic rings. The van der Waals surface area contributed by atoms with Gasteiger partial charge in [-0.05, 0) is 62.2 Å². The molecular weight excluding hydrogens is 614 g/mol. The van der Waals surface area contributed by atoms with Gasteiger partial charge in [-0.15, -0.1) is 0 Å². The minimum absolute atomic E-state index is 0.0781. The lowest BCUT2D eigenvalue weighted by molar-refractivity contribution is -0.114. The quantitative estimate of drug-likeness (QED) is 0.210. The fourth-order valence-corrected chi connectivity index (χ4v) is 6.27. The molecule has 0 saturated heterocycles. The Morgan fingerprint density at radius 2 is 1.32 bits per heavy atom. The van der Waals surface area contributed by atoms with E-state index in [-0.39, 0.29) is 5.91 Å². The molecule has 0 aliphatic carbocycles. The number of hydrogen-bond donors (Lipinski definition) is 2. The Morgan fingerprint density at radius 1 is 0.841 bits per heavy atom. The van der Waals surface area contributed by atoms with Crippen molar-refractivity contribution in [3.05, 3.63) is 93.0 Å². The number of nitrogens with one attached hydrogen (secondary N) is 1. The van der Waals surface area contributed by atoms with E-state index in [9.17, 15) is 10.1 Å². The molecule has 2 heterocycles. The van der Waals surface area contributed by atoms with Gasteiger partial charge in [0.05, 0.1) is 30.2 Å². The number of nitrogen functional groups attached to an aromatic ring is 1. The third-order valence-electron chi connectivity index (χ3n) is 8.11. The van der Waals surface area contributed by atoms with E-state index in [1.807, 2.05) is 12.1 Å². The van der Waals surface area contributed by atoms with Gasteiger partial charge in [-0.25, -0.2) is 0 Å². The van der Waals surface area contributed by atoms with Crippen LogP contribution >= 0.6 is 15.9 Å². The van der Waals surface area contributed by atoms with Crippen molar-refractivity contribution in [2.75, 3.05) is 24.3 Å². The minimum Gasteiger partial charge on any atom is -0.492 e. The van der Waals surface area contributed by atoms with Gasteiger partial charge in [-0.2, -0.15) is 5.26 Å². The van der Waals surface area contributed by atoms with Crippen LogP contribution < -0.4 is 20.5 Å². The van der Waals surface area contributed by atoms with Gasteiger partial charge >= 0.3 is 0 Å². The van der Waals surface area contributed by atoms with E-state index in [1.165, 1.54) is 18.1 Å². The molecule has 0 saturated carbocycles. The number of rotatable bonds is 5. The van der Waals surface area contributed by atoms with E-state index in [2.05, 4.69) is 104 Å². The average Bonchev–Trinajstić information content (AvgIpc) is 3.69. The standard InChI is InChI=1S/C19H20BrNO2.C18H18N2O/c1-11(2)13-4-6-14(7-5-13)16-10-17(21-12(3)22)18(20)15-8-9-23-19(15)16;1-11(2)12-3-5-13(6-4-12)15-9-17(20)16(10-19)14-7-8-21-18(14)15/h4-7,10-11H,8-9H2,1-3H3,(H,21,22);3-6,9,11H,7-8,20H2,1-2H3. The van der Waals surface area contributed by atoms with Crippen molar-refractivity contribution in [1.29, 1.82) is 5.26 Å². The largest absolute Gasteiger partial charge is 0.492 e. The van der Waals surface area contributed by atoms with E-state index in [4.69, 9.17) is 15.2 Å². The SMILES string of the molecule is CC(=O)Nc1cc(-c2ccc(C(C)C)cc2)c2c(c1Br)CCO2.CC(C)c1ccc(-c2cc(N)c(C#N)c3c2OCC3)cc1. The maximum absolute atomic E-state index is 11.5. The fraction of sp³-hybridized carbons (Fsp3) is 0.297. The second-order valence-corrected chi connectivity index (χ2v) is 12.6. The van der Waals surface area contributed by atoms with Crippen LogP contribution in [0.25, 0.3) is 22.3 Å². The van der Waals surface area contributed by atoms with Crippen LogP contribution in [0, 0.1) is 11.3 Å². The van der Waals surface area contributed by atoms with E-state index in [0.29, 0.717) is 36.3 Å². The number of anilines is 2. The van der Waals surface area contributed by atoms with Crippen LogP contribution in [0.2, 0.25) is 0 Å². The molecule has 3 N–H and O–H groups in total. The number of amides is 1. The highest BCUT2D eigenvalue weighted by atomic mass is 79.9. The van der Waals surface area contributed by atoms with Crippen LogP contribution in [0.1, 0.15) is 74.3 Å². The Hall–Kier alpha value is -4.28. The molecule has 0 atom stereocenters. The lowest BCUT2D eigenvalue weighted by Crippen LogP contribution is -2.07. The van der Waals surface area contributed by atoms with Crippen molar-refractivity contribution in [1.82, 2.24) is 0 Å². The lowest BCUT2D eigenvalue weighted by atomic mass is 9.94. The molecular formula is C37H38BrN3O3. The zero-order valence-electron chi connectivity index (χ0n) is 25.9. The first-order chi connectivity index (χ1) is 21.1. The van der Waals surface area contributed by atoms with Gasteiger partial charge in [0.15, 0.2) is 0 Å². The highest BCUT2D eigenvalue weighted by Crippen LogP contribution is 2.45. The van der Waals surface area contributed by atoms with Crippen LogP contribution in [0.4, 0.5) is 11.4 Å². The molecule has 0 radical (unpaired) electrons. The molecule has 226 valence electrons. The van der Waals surface area contributed by atoms with Crippen molar-refractivity contribution in [2.24, 2.45) is 0 Å². The second kappa shape index (κ2) is 13.2. The number of halogens is 1. The molecule has 2 aliphatic rings. The predicted molar refractivity (Wildman–Crippen MR) is 181 cm³/mol. The molecule has 6 nitrogen and oxygen atoms in total. The zero-order valence-corrected chi connectivity index (χ0v) is 27.5. The summed E-state index contributed by atoms with van der Waals surface area (Å²) in [4.78, 5) is 11.5. The van der Waals surface area contributed by atoms with E-state index >= 15 is 0 Å². The summed E-state index contributed by atoms with van der Waals surface area (Å²) in [6.45, 7) is 11.5. The Balaban J connectivity index is 0.000000175. The second-order valence-electron chi connectivity index (χ2n) is 11.8. The molecule has 2 aliphatic heterocycles. The summed E-state index contributed by atoms with van der Waals surface area (Å²) < 4.78 is 12.5. The van der Waals surface area contributed by atoms with Crippen molar-refractivity contribution in [2.45, 2.75) is 59.3 Å². The molecule has 0 aromatic heterocycles. The number of ether oxygens (including phenoxy) is 2. The first-order valence-corrected chi connectivity index (χ1v) is 15.8. The average molecular weight is 653 g/mol. The Bertz CT molecular complexity index is 1740. The first kappa shape index (κ1) is 31.2. The number of nitriles is 1. The van der Waals surface area contributed by atoms with Crippen LogP contribution in [0.15, 0.2) is 65.1 Å². The van der Waals surface area contributed by atoms with Gasteiger partial charge in [0, 0.05) is 46.5 Å². The number of nitrogens with zero attached hydrogens (tertiary/aromatic N) is 1. The van der Waals surface area contributed by atoms with Crippen molar-refractivity contribution in [3.63, 3.8) is 0 Å². The molecule has 0 bridgehead atoms. The van der Waals surface area contributed by atoms with Crippen molar-refractivity contribution < 1.29 is 14.3 Å². The number of hydrogen-bond acceptors (Lipinski definition) is 5. The molecule has 1 amide bonds. The zero-order chi connectivity index (χ0) is 31.5. The molecule has 0 spiro atoms. The summed E-state index contributed by atoms with van der Waals surface area (Å²) in [5.74, 6) is 2.67. The van der Waals surface area contributed by atoms with Gasteiger partial charge in [0.25, 0.3) is 0 Å². The summed E-state index contributed by atoms with van der Waals surface area (Å²) in [6, 6.07) is 23.0. The smallest absolute Gasteiger partial charge is 0.221 e. The molecule has 4 aromatic carbocycles. The van der Waals surface area contributed by atoms with Gasteiger partial charge in [0.1, 0.15) is 17.6 Å². The Labute approximate surface area is 268 Å².